The molecule has 16 heavy (non-hydrogen) atoms. The first-order valence-corrected chi connectivity index (χ1v) is 5.27. The summed E-state index contributed by atoms with van der Waals surface area (Å²) in [6.07, 6.45) is 2.95. The van der Waals surface area contributed by atoms with Gasteiger partial charge in [0.25, 0.3) is 0 Å². The smallest absolute Gasteiger partial charge is 0.162 e. The molecule has 0 N–H and O–H groups in total. The summed E-state index contributed by atoms with van der Waals surface area (Å²) in [5.74, 6) is 0.672. The topological polar surface area (TPSA) is 35.5 Å². The van der Waals surface area contributed by atoms with E-state index in [1.54, 1.807) is 19.2 Å². The van der Waals surface area contributed by atoms with E-state index in [1.807, 2.05) is 6.07 Å². The molecule has 1 atom stereocenters. The fourth-order valence-corrected chi connectivity index (χ4v) is 1.85. The van der Waals surface area contributed by atoms with Crippen molar-refractivity contribution >= 4 is 17.4 Å². The van der Waals surface area contributed by atoms with Gasteiger partial charge in [-0.1, -0.05) is 17.7 Å². The van der Waals surface area contributed by atoms with Crippen molar-refractivity contribution in [1.29, 1.82) is 0 Å². The van der Waals surface area contributed by atoms with Crippen LogP contribution in [-0.4, -0.2) is 12.9 Å². The predicted molar refractivity (Wildman–Crippen MR) is 60.6 cm³/mol. The molecule has 0 spiro atoms. The summed E-state index contributed by atoms with van der Waals surface area (Å²) in [5.41, 5.74) is 0.878. The Morgan fingerprint density at radius 2 is 2.31 bits per heavy atom. The Hall–Kier alpha value is -1.48. The van der Waals surface area contributed by atoms with Crippen LogP contribution in [0.3, 0.4) is 0 Å². The van der Waals surface area contributed by atoms with Crippen LogP contribution in [0.25, 0.3) is 0 Å². The zero-order valence-corrected chi connectivity index (χ0v) is 9.53. The van der Waals surface area contributed by atoms with Gasteiger partial charge in [-0.15, -0.1) is 0 Å². The lowest BCUT2D eigenvalue weighted by atomic mass is 10.0. The summed E-state index contributed by atoms with van der Waals surface area (Å²) < 4.78 is 10.4. The van der Waals surface area contributed by atoms with E-state index in [0.29, 0.717) is 17.2 Å². The van der Waals surface area contributed by atoms with E-state index in [1.165, 1.54) is 12.3 Å². The Morgan fingerprint density at radius 1 is 1.50 bits per heavy atom. The molecule has 0 saturated heterocycles. The molecule has 4 heteroatoms. The van der Waals surface area contributed by atoms with Crippen LogP contribution in [-0.2, 0) is 9.53 Å². The Labute approximate surface area is 98.6 Å². The van der Waals surface area contributed by atoms with Gasteiger partial charge in [-0.3, -0.25) is 4.79 Å². The lowest BCUT2D eigenvalue weighted by molar-refractivity contribution is -0.118. The minimum atomic E-state index is -0.249. The van der Waals surface area contributed by atoms with Crippen molar-refractivity contribution in [3.63, 3.8) is 0 Å². The van der Waals surface area contributed by atoms with Crippen LogP contribution in [0.15, 0.2) is 30.5 Å². The van der Waals surface area contributed by atoms with Crippen molar-refractivity contribution in [3.05, 3.63) is 41.1 Å². The first-order chi connectivity index (χ1) is 7.70. The van der Waals surface area contributed by atoms with Crippen molar-refractivity contribution in [1.82, 2.24) is 0 Å². The Morgan fingerprint density at radius 3 is 2.94 bits per heavy atom. The number of ketones is 1. The highest BCUT2D eigenvalue weighted by Gasteiger charge is 2.19. The normalized spacial score (nSPS) is 19.4. The summed E-state index contributed by atoms with van der Waals surface area (Å²) in [6.45, 7) is 0. The molecule has 84 valence electrons. The molecular weight excluding hydrogens is 228 g/mol. The van der Waals surface area contributed by atoms with Crippen LogP contribution in [0, 0.1) is 0 Å². The molecule has 0 aromatic heterocycles. The number of carbonyl (C=O) groups is 1. The number of hydrogen-bond acceptors (Lipinski definition) is 3. The minimum absolute atomic E-state index is 0.0585. The molecule has 0 saturated carbocycles. The van der Waals surface area contributed by atoms with Crippen LogP contribution in [0.5, 0.6) is 5.75 Å². The molecule has 1 aliphatic heterocycles. The van der Waals surface area contributed by atoms with E-state index in [0.717, 1.165) is 5.56 Å². The van der Waals surface area contributed by atoms with Crippen molar-refractivity contribution in [2.24, 2.45) is 0 Å². The zero-order chi connectivity index (χ0) is 11.5. The molecule has 2 rings (SSSR count). The summed E-state index contributed by atoms with van der Waals surface area (Å²) in [4.78, 5) is 11.2. The van der Waals surface area contributed by atoms with Crippen LogP contribution >= 0.6 is 11.6 Å². The van der Waals surface area contributed by atoms with Crippen LogP contribution in [0.2, 0.25) is 5.02 Å². The molecule has 3 nitrogen and oxygen atoms in total. The predicted octanol–water partition coefficient (Wildman–Crippen LogP) is 2.89. The van der Waals surface area contributed by atoms with Crippen LogP contribution < -0.4 is 4.74 Å². The highest BCUT2D eigenvalue weighted by atomic mass is 35.5. The van der Waals surface area contributed by atoms with Gasteiger partial charge in [0.15, 0.2) is 5.78 Å². The minimum Gasteiger partial charge on any atom is -0.495 e. The number of halogens is 1. The summed E-state index contributed by atoms with van der Waals surface area (Å²) in [6, 6.07) is 5.38. The summed E-state index contributed by atoms with van der Waals surface area (Å²) in [7, 11) is 1.56. The van der Waals surface area contributed by atoms with Crippen molar-refractivity contribution in [2.45, 2.75) is 12.5 Å². The highest BCUT2D eigenvalue weighted by molar-refractivity contribution is 6.32. The standard InChI is InChI=1S/C12H11ClO3/c1-15-11-3-2-8(6-10(11)13)12-7-9(14)4-5-16-12/h2-6,12H,7H2,1H3. The van der Waals surface area contributed by atoms with Crippen molar-refractivity contribution < 1.29 is 14.3 Å². The molecule has 1 heterocycles. The molecule has 0 radical (unpaired) electrons. The second-order valence-electron chi connectivity index (χ2n) is 3.49. The summed E-state index contributed by atoms with van der Waals surface area (Å²) >= 11 is 6.00. The van der Waals surface area contributed by atoms with E-state index in [9.17, 15) is 4.79 Å². The van der Waals surface area contributed by atoms with Gasteiger partial charge in [-0.2, -0.15) is 0 Å². The van der Waals surface area contributed by atoms with E-state index in [-0.39, 0.29) is 11.9 Å². The van der Waals surface area contributed by atoms with E-state index < -0.39 is 0 Å². The molecule has 0 amide bonds. The Balaban J connectivity index is 2.24. The maximum absolute atomic E-state index is 11.2. The van der Waals surface area contributed by atoms with Gasteiger partial charge in [0.2, 0.25) is 0 Å². The quantitative estimate of drug-likeness (QED) is 0.795. The maximum Gasteiger partial charge on any atom is 0.162 e. The zero-order valence-electron chi connectivity index (χ0n) is 8.77. The number of allylic oxidation sites excluding steroid dienone is 1. The average Bonchev–Trinajstić information content (AvgIpc) is 2.29. The van der Waals surface area contributed by atoms with Gasteiger partial charge in [0.1, 0.15) is 11.9 Å². The van der Waals surface area contributed by atoms with Gasteiger partial charge in [0.05, 0.1) is 24.8 Å². The van der Waals surface area contributed by atoms with Gasteiger partial charge in [-0.25, -0.2) is 0 Å². The van der Waals surface area contributed by atoms with E-state index in [4.69, 9.17) is 21.1 Å². The third kappa shape index (κ3) is 2.19. The second kappa shape index (κ2) is 4.58. The number of hydrogen-bond donors (Lipinski definition) is 0. The van der Waals surface area contributed by atoms with Gasteiger partial charge >= 0.3 is 0 Å². The number of ether oxygens (including phenoxy) is 2. The number of methoxy groups -OCH3 is 1. The van der Waals surface area contributed by atoms with Crippen molar-refractivity contribution in [3.8, 4) is 5.75 Å². The fourth-order valence-electron chi connectivity index (χ4n) is 1.59. The van der Waals surface area contributed by atoms with Crippen molar-refractivity contribution in [2.75, 3.05) is 7.11 Å². The third-order valence-corrected chi connectivity index (χ3v) is 2.73. The van der Waals surface area contributed by atoms with Gasteiger partial charge in [-0.05, 0) is 17.7 Å². The number of benzene rings is 1. The number of rotatable bonds is 2. The first-order valence-electron chi connectivity index (χ1n) is 4.89. The first kappa shape index (κ1) is 11.0. The monoisotopic (exact) mass is 238 g/mol. The molecule has 1 aromatic rings. The largest absolute Gasteiger partial charge is 0.495 e. The second-order valence-corrected chi connectivity index (χ2v) is 3.90. The third-order valence-electron chi connectivity index (χ3n) is 2.43. The van der Waals surface area contributed by atoms with E-state index >= 15 is 0 Å². The lowest BCUT2D eigenvalue weighted by Crippen LogP contribution is -2.11. The Bertz CT molecular complexity index is 440. The van der Waals surface area contributed by atoms with Crippen LogP contribution in [0.1, 0.15) is 18.1 Å². The molecule has 0 aliphatic carbocycles. The molecule has 0 bridgehead atoms. The summed E-state index contributed by atoms with van der Waals surface area (Å²) in [5, 5.41) is 0.519. The average molecular weight is 239 g/mol. The molecule has 0 fully saturated rings. The molecule has 1 aliphatic rings. The highest BCUT2D eigenvalue weighted by Crippen LogP contribution is 2.31. The molecule has 1 unspecified atom stereocenters. The van der Waals surface area contributed by atoms with Gasteiger partial charge < -0.3 is 9.47 Å². The molecule has 1 aromatic carbocycles. The SMILES string of the molecule is COc1ccc(C2CC(=O)C=CO2)cc1Cl. The fraction of sp³-hybridized carbons (Fsp3) is 0.250. The number of carbonyl (C=O) groups excluding carboxylic acids is 1. The van der Waals surface area contributed by atoms with Gasteiger partial charge in [0, 0.05) is 6.08 Å². The van der Waals surface area contributed by atoms with E-state index in [2.05, 4.69) is 0 Å². The van der Waals surface area contributed by atoms with Crippen LogP contribution in [0.4, 0.5) is 0 Å². The lowest BCUT2D eigenvalue weighted by Gasteiger charge is -2.19. The Kier molecular flexibility index (Phi) is 3.15. The maximum atomic E-state index is 11.2. The molecular formula is C12H11ClO3.